The molecule has 0 heteroatoms. The van der Waals surface area contributed by atoms with Crippen molar-refractivity contribution in [1.82, 2.24) is 0 Å². The van der Waals surface area contributed by atoms with Crippen molar-refractivity contribution in [3.8, 4) is 139 Å². The highest BCUT2D eigenvalue weighted by molar-refractivity contribution is 5.98. The van der Waals surface area contributed by atoms with Gasteiger partial charge < -0.3 is 0 Å². The zero-order valence-electron chi connectivity index (χ0n) is 60.3. The molecule has 0 nitrogen and oxygen atoms in total. The van der Waals surface area contributed by atoms with Gasteiger partial charge in [0.05, 0.1) is 0 Å². The van der Waals surface area contributed by atoms with E-state index in [0.717, 1.165) is 71.9 Å². The van der Waals surface area contributed by atoms with Crippen molar-refractivity contribution in [2.45, 2.75) is 184 Å². The van der Waals surface area contributed by atoms with Gasteiger partial charge in [0, 0.05) is 50.1 Å². The maximum atomic E-state index is 5.77. The molecule has 0 aromatic heterocycles. The third-order valence-electron chi connectivity index (χ3n) is 16.1. The van der Waals surface area contributed by atoms with Crippen molar-refractivity contribution in [1.29, 1.82) is 0 Å². The minimum absolute atomic E-state index is 0.893. The van der Waals surface area contributed by atoms with E-state index < -0.39 is 0 Å². The molecule has 0 saturated carbocycles. The molecular weight excluding hydrogens is 1120 g/mol. The number of rotatable bonds is 0. The molecule has 474 valence electrons. The largest absolute Gasteiger partial charge is 0.115 e. The highest BCUT2D eigenvalue weighted by atomic mass is 14.4. The monoisotopic (exact) mass is 1220 g/mol. The molecule has 0 radical (unpaired) electrons. The number of hydrogen-bond acceptors (Lipinski definition) is 0. The lowest BCUT2D eigenvalue weighted by molar-refractivity contribution is 1.23. The highest BCUT2D eigenvalue weighted by Gasteiger charge is 2.33. The van der Waals surface area contributed by atoms with Crippen molar-refractivity contribution >= 4 is 0 Å². The van der Waals surface area contributed by atoms with Crippen molar-refractivity contribution in [2.24, 2.45) is 0 Å². The highest BCUT2D eigenvalue weighted by Crippen LogP contribution is 2.52. The number of fused-ring (bicyclic) bond motifs is 20. The van der Waals surface area contributed by atoms with E-state index in [1.165, 1.54) is 134 Å². The van der Waals surface area contributed by atoms with Crippen LogP contribution in [0, 0.1) is 72.6 Å². The minimum atomic E-state index is 0.893. The molecule has 9 aromatic rings. The van der Waals surface area contributed by atoms with Crippen LogP contribution in [0.1, 0.15) is 246 Å². The van der Waals surface area contributed by atoms with E-state index >= 15 is 0 Å². The van der Waals surface area contributed by atoms with E-state index in [4.69, 9.17) is 19.3 Å². The Kier molecular flexibility index (Phi) is 31.2. The molecule has 0 saturated heterocycles. The summed E-state index contributed by atoms with van der Waals surface area (Å²) in [5, 5.41) is 0. The molecule has 0 heterocycles. The standard InChI is InChI=1S/3C25H16.9C2H6/c1-3-7-22-16(4-2)10-11-18-13-20-14-23-19(15-24(20)25(18)22)12-17-8-5-6-9-21(17)23;1-3-7-21-16(4-2)10-11-18-14-19-12-13-22-20-9-6-5-8-17(20)15-23(22)25(19)24(18)21;1-3-7-21-16(4-2)10-11-19-15-20-13-12-18-14-17-8-5-6-9-22(17)24(18)25(20)23(19)21;9*1-2/h2,5-6,8-11,14-15H,12-13H2,1H3;2*2,5-6,8-13H,14-15H2,1H3;9*1-2H3. The number of terminal acetylenes is 3. The summed E-state index contributed by atoms with van der Waals surface area (Å²) in [5.74, 6) is 27.5. The first kappa shape index (κ1) is 75.8. The van der Waals surface area contributed by atoms with Crippen LogP contribution in [-0.2, 0) is 38.5 Å². The van der Waals surface area contributed by atoms with Crippen molar-refractivity contribution < 1.29 is 0 Å². The van der Waals surface area contributed by atoms with Crippen LogP contribution in [0.25, 0.3) is 66.8 Å². The lowest BCUT2D eigenvalue weighted by Gasteiger charge is -2.13. The lowest BCUT2D eigenvalue weighted by atomic mass is 9.90. The van der Waals surface area contributed by atoms with E-state index in [0.29, 0.717) is 0 Å². The molecule has 0 atom stereocenters. The van der Waals surface area contributed by atoms with Gasteiger partial charge in [-0.25, -0.2) is 0 Å². The van der Waals surface area contributed by atoms with Crippen LogP contribution < -0.4 is 0 Å². The summed E-state index contributed by atoms with van der Waals surface area (Å²) in [6.07, 6.45) is 23.2. The van der Waals surface area contributed by atoms with E-state index in [-0.39, 0.29) is 0 Å². The summed E-state index contributed by atoms with van der Waals surface area (Å²) >= 11 is 0. The number of benzene rings is 9. The van der Waals surface area contributed by atoms with Gasteiger partial charge in [-0.1, -0.05) is 275 Å². The fourth-order valence-electron chi connectivity index (χ4n) is 13.0. The maximum absolute atomic E-state index is 5.77. The Bertz CT molecular complexity index is 4370. The molecule has 0 unspecified atom stereocenters. The predicted octanol–water partition coefficient (Wildman–Crippen LogP) is 24.8. The van der Waals surface area contributed by atoms with Gasteiger partial charge >= 0.3 is 0 Å². The Hall–Kier alpha value is -9.66. The van der Waals surface area contributed by atoms with Crippen LogP contribution in [-0.4, -0.2) is 0 Å². The van der Waals surface area contributed by atoms with Gasteiger partial charge in [0.15, 0.2) is 0 Å². The van der Waals surface area contributed by atoms with E-state index in [2.05, 4.69) is 181 Å². The second-order valence-corrected chi connectivity index (χ2v) is 20.1. The second kappa shape index (κ2) is 38.3. The molecule has 0 N–H and O–H groups in total. The molecule has 0 aliphatic heterocycles. The lowest BCUT2D eigenvalue weighted by Crippen LogP contribution is -1.94. The van der Waals surface area contributed by atoms with Crippen LogP contribution in [0.2, 0.25) is 0 Å². The van der Waals surface area contributed by atoms with Gasteiger partial charge in [-0.2, -0.15) is 0 Å². The SMILES string of the molecule is C#Cc1ccc2c(c1C#CC)-c1c(ccc3c1-c1ccccc1C3)C2.C#Cc1ccc2c(c1C#CC)-c1c(ccc3c1Cc1ccccc1-3)C2.C#Cc1ccc2c(c1C#CC)-c1cc3c(cc1C2)-c1ccccc1C3.CC.CC.CC.CC.CC.CC.CC.CC.CC. The molecule has 0 amide bonds. The van der Waals surface area contributed by atoms with Gasteiger partial charge in [0.2, 0.25) is 0 Å². The van der Waals surface area contributed by atoms with Crippen LogP contribution in [0.3, 0.4) is 0 Å². The normalized spacial score (nSPS) is 10.5. The third kappa shape index (κ3) is 15.1. The summed E-state index contributed by atoms with van der Waals surface area (Å²) in [4.78, 5) is 0. The summed E-state index contributed by atoms with van der Waals surface area (Å²) < 4.78 is 0. The fraction of sp³-hybridized carbons (Fsp3) is 0.290. The maximum Gasteiger partial charge on any atom is 0.0483 e. The Morgan fingerprint density at radius 1 is 0.237 bits per heavy atom. The van der Waals surface area contributed by atoms with Crippen molar-refractivity contribution in [3.05, 3.63) is 246 Å². The van der Waals surface area contributed by atoms with E-state index in [1.807, 2.05) is 164 Å². The Balaban J connectivity index is 0.000000265. The summed E-state index contributed by atoms with van der Waals surface area (Å²) in [6, 6.07) is 52.8. The minimum Gasteiger partial charge on any atom is -0.115 e. The summed E-state index contributed by atoms with van der Waals surface area (Å²) in [7, 11) is 0. The average molecular weight is 1220 g/mol. The zero-order chi connectivity index (χ0) is 68.9. The van der Waals surface area contributed by atoms with Gasteiger partial charge in [-0.15, -0.1) is 37.0 Å². The van der Waals surface area contributed by atoms with Crippen LogP contribution in [0.15, 0.2) is 146 Å². The first-order valence-corrected chi connectivity index (χ1v) is 34.8. The molecule has 6 aliphatic rings. The third-order valence-corrected chi connectivity index (χ3v) is 16.1. The predicted molar refractivity (Wildman–Crippen MR) is 412 cm³/mol. The molecular formula is C93H102. The molecule has 15 rings (SSSR count). The zero-order valence-corrected chi connectivity index (χ0v) is 60.3. The van der Waals surface area contributed by atoms with Gasteiger partial charge in [-0.05, 0) is 206 Å². The van der Waals surface area contributed by atoms with Crippen LogP contribution in [0.4, 0.5) is 0 Å². The van der Waals surface area contributed by atoms with Gasteiger partial charge in [-0.3, -0.25) is 0 Å². The quantitative estimate of drug-likeness (QED) is 0.133. The first-order chi connectivity index (χ1) is 45.9. The summed E-state index contributed by atoms with van der Waals surface area (Å²) in [6.45, 7) is 41.6. The van der Waals surface area contributed by atoms with E-state index in [1.54, 1.807) is 0 Å². The second-order valence-electron chi connectivity index (χ2n) is 20.1. The fourth-order valence-corrected chi connectivity index (χ4v) is 13.0. The summed E-state index contributed by atoms with van der Waals surface area (Å²) in [5.41, 5.74) is 38.5. The van der Waals surface area contributed by atoms with Crippen molar-refractivity contribution in [2.75, 3.05) is 0 Å². The molecule has 0 fully saturated rings. The Labute approximate surface area is 565 Å². The van der Waals surface area contributed by atoms with Gasteiger partial charge in [0.25, 0.3) is 0 Å². The first-order valence-electron chi connectivity index (χ1n) is 34.8. The molecule has 9 aromatic carbocycles. The van der Waals surface area contributed by atoms with Gasteiger partial charge in [0.1, 0.15) is 0 Å². The Morgan fingerprint density at radius 2 is 0.538 bits per heavy atom. The van der Waals surface area contributed by atoms with Crippen molar-refractivity contribution in [3.63, 3.8) is 0 Å². The molecule has 6 aliphatic carbocycles. The average Bonchev–Trinajstić information content (AvgIpc) is 1.60. The molecule has 0 bridgehead atoms. The Morgan fingerprint density at radius 3 is 1.01 bits per heavy atom. The number of hydrogen-bond donors (Lipinski definition) is 0. The van der Waals surface area contributed by atoms with Crippen LogP contribution >= 0.6 is 0 Å². The van der Waals surface area contributed by atoms with E-state index in [9.17, 15) is 0 Å². The van der Waals surface area contributed by atoms with Crippen LogP contribution in [0.5, 0.6) is 0 Å². The topological polar surface area (TPSA) is 0 Å². The molecule has 0 spiro atoms. The molecule has 93 heavy (non-hydrogen) atoms. The smallest absolute Gasteiger partial charge is 0.0483 e.